The van der Waals surface area contributed by atoms with E-state index in [1.165, 1.54) is 5.39 Å². The van der Waals surface area contributed by atoms with Crippen LogP contribution in [0, 0.1) is 13.0 Å². The molecule has 1 heterocycles. The van der Waals surface area contributed by atoms with Crippen LogP contribution in [0.5, 0.6) is 0 Å². The van der Waals surface area contributed by atoms with Crippen LogP contribution < -0.4 is 0 Å². The quantitative estimate of drug-likeness (QED) is 0.370. The summed E-state index contributed by atoms with van der Waals surface area (Å²) in [5, 5.41) is 4.65. The summed E-state index contributed by atoms with van der Waals surface area (Å²) in [6.45, 7) is 5.83. The minimum atomic E-state index is 0. The summed E-state index contributed by atoms with van der Waals surface area (Å²) < 4.78 is 0. The molecule has 0 spiro atoms. The summed E-state index contributed by atoms with van der Waals surface area (Å²) >= 11 is 0. The van der Waals surface area contributed by atoms with E-state index in [4.69, 9.17) is 11.9 Å². The fourth-order valence-corrected chi connectivity index (χ4v) is 2.91. The predicted octanol–water partition coefficient (Wildman–Crippen LogP) is 5.11. The molecule has 0 unspecified atom stereocenters. The summed E-state index contributed by atoms with van der Waals surface area (Å²) in [6, 6.07) is 26.1. The molecule has 0 saturated carbocycles. The second-order valence-corrected chi connectivity index (χ2v) is 5.33. The Hall–Kier alpha value is -2.02. The van der Waals surface area contributed by atoms with Crippen LogP contribution in [-0.4, -0.2) is 4.98 Å². The summed E-state index contributed by atoms with van der Waals surface area (Å²) in [4.78, 5) is 4.78. The minimum Gasteiger partial charge on any atom is -0.301 e. The van der Waals surface area contributed by atoms with Crippen molar-refractivity contribution in [2.75, 3.05) is 0 Å². The number of nitrogens with zero attached hydrogens (tertiary/aromatic N) is 1. The fraction of sp³-hybridized carbons (Fsp3) is 0.0476. The first-order valence-electron chi connectivity index (χ1n) is 7.35. The van der Waals surface area contributed by atoms with Gasteiger partial charge in [0.25, 0.3) is 0 Å². The molecule has 0 atom stereocenters. The van der Waals surface area contributed by atoms with Gasteiger partial charge in [-0.25, -0.2) is 0 Å². The van der Waals surface area contributed by atoms with E-state index in [0.717, 1.165) is 33.1 Å². The van der Waals surface area contributed by atoms with E-state index < -0.39 is 0 Å². The maximum Gasteiger partial charge on any atom is 0.0306 e. The molecule has 0 aliphatic rings. The zero-order valence-corrected chi connectivity index (χ0v) is 14.8. The number of aromatic nitrogens is 1. The SMILES string of the molecule is [CH]Cc1cc2ccccc2c(-c2[c-]ccc3ccccc23)n1.[Ir]. The van der Waals surface area contributed by atoms with Gasteiger partial charge in [-0.3, -0.25) is 0 Å². The van der Waals surface area contributed by atoms with Crippen molar-refractivity contribution in [1.82, 2.24) is 4.98 Å². The number of pyridine rings is 1. The zero-order valence-electron chi connectivity index (χ0n) is 12.4. The van der Waals surface area contributed by atoms with Crippen molar-refractivity contribution in [2.45, 2.75) is 6.42 Å². The van der Waals surface area contributed by atoms with Crippen LogP contribution in [0.4, 0.5) is 0 Å². The maximum atomic E-state index is 5.83. The number of hydrogen-bond acceptors (Lipinski definition) is 1. The van der Waals surface area contributed by atoms with Crippen LogP contribution in [0.2, 0.25) is 0 Å². The normalized spacial score (nSPS) is 10.7. The Kier molecular flexibility index (Phi) is 4.56. The van der Waals surface area contributed by atoms with E-state index in [9.17, 15) is 0 Å². The Morgan fingerprint density at radius 3 is 2.35 bits per heavy atom. The molecule has 113 valence electrons. The molecule has 0 amide bonds. The molecule has 0 fully saturated rings. The first-order valence-corrected chi connectivity index (χ1v) is 7.35. The number of benzene rings is 3. The average molecular weight is 473 g/mol. The van der Waals surface area contributed by atoms with Crippen molar-refractivity contribution in [3.8, 4) is 11.3 Å². The van der Waals surface area contributed by atoms with Gasteiger partial charge in [-0.05, 0) is 35.9 Å². The molecule has 3 aromatic carbocycles. The van der Waals surface area contributed by atoms with Gasteiger partial charge in [0.15, 0.2) is 0 Å². The van der Waals surface area contributed by atoms with E-state index in [1.807, 2.05) is 24.3 Å². The molecule has 3 radical (unpaired) electrons. The van der Waals surface area contributed by atoms with Crippen LogP contribution >= 0.6 is 0 Å². The number of rotatable bonds is 2. The van der Waals surface area contributed by atoms with E-state index >= 15 is 0 Å². The monoisotopic (exact) mass is 473 g/mol. The molecule has 2 heteroatoms. The Labute approximate surface area is 149 Å². The average Bonchev–Trinajstić information content (AvgIpc) is 2.60. The summed E-state index contributed by atoms with van der Waals surface area (Å²) in [5.41, 5.74) is 2.88. The van der Waals surface area contributed by atoms with Gasteiger partial charge in [-0.2, -0.15) is 0 Å². The molecule has 0 saturated heterocycles. The van der Waals surface area contributed by atoms with Gasteiger partial charge in [0.1, 0.15) is 0 Å². The molecule has 23 heavy (non-hydrogen) atoms. The second kappa shape index (κ2) is 6.62. The van der Waals surface area contributed by atoms with Gasteiger partial charge in [-0.15, -0.1) is 29.1 Å². The number of hydrogen-bond donors (Lipinski definition) is 0. The third-order valence-electron chi connectivity index (χ3n) is 3.96. The first kappa shape index (κ1) is 15.9. The smallest absolute Gasteiger partial charge is 0.0306 e. The minimum absolute atomic E-state index is 0. The number of fused-ring (bicyclic) bond motifs is 2. The largest absolute Gasteiger partial charge is 0.301 e. The molecule has 4 rings (SSSR count). The van der Waals surface area contributed by atoms with Crippen LogP contribution in [0.3, 0.4) is 0 Å². The maximum absolute atomic E-state index is 5.83. The molecule has 4 aromatic rings. The van der Waals surface area contributed by atoms with Gasteiger partial charge in [0.05, 0.1) is 0 Å². The van der Waals surface area contributed by atoms with Gasteiger partial charge in [0, 0.05) is 25.8 Å². The van der Waals surface area contributed by atoms with Crippen LogP contribution in [-0.2, 0) is 26.5 Å². The molecular formula is C21H14IrN-. The summed E-state index contributed by atoms with van der Waals surface area (Å²) in [6.07, 6.45) is 0.433. The van der Waals surface area contributed by atoms with Gasteiger partial charge >= 0.3 is 0 Å². The fourth-order valence-electron chi connectivity index (χ4n) is 2.91. The Balaban J connectivity index is 0.00000156. The molecule has 0 N–H and O–H groups in total. The molecule has 0 bridgehead atoms. The Bertz CT molecular complexity index is 970. The van der Waals surface area contributed by atoms with Crippen molar-refractivity contribution in [3.05, 3.63) is 85.4 Å². The first-order chi connectivity index (χ1) is 10.9. The topological polar surface area (TPSA) is 12.9 Å². The standard InChI is InChI=1S/C21H14N.Ir/c1-2-17-14-16-9-4-6-12-19(16)21(22-17)20-13-7-10-15-8-3-5-11-18(15)20;/h1,3-12,14H,2H2;/q-1;. The van der Waals surface area contributed by atoms with Crippen molar-refractivity contribution < 1.29 is 20.1 Å². The molecule has 1 nitrogen and oxygen atoms in total. The van der Waals surface area contributed by atoms with Crippen LogP contribution in [0.25, 0.3) is 32.8 Å². The van der Waals surface area contributed by atoms with Crippen molar-refractivity contribution in [3.63, 3.8) is 0 Å². The molecular weight excluding hydrogens is 458 g/mol. The third kappa shape index (κ3) is 2.81. The van der Waals surface area contributed by atoms with Crippen molar-refractivity contribution in [1.29, 1.82) is 0 Å². The predicted molar refractivity (Wildman–Crippen MR) is 91.5 cm³/mol. The van der Waals surface area contributed by atoms with E-state index in [-0.39, 0.29) is 20.1 Å². The summed E-state index contributed by atoms with van der Waals surface area (Å²) in [5.74, 6) is 0. The molecule has 0 aliphatic heterocycles. The van der Waals surface area contributed by atoms with Crippen LogP contribution in [0.15, 0.2) is 66.7 Å². The van der Waals surface area contributed by atoms with E-state index in [0.29, 0.717) is 6.42 Å². The zero-order chi connectivity index (χ0) is 14.9. The summed E-state index contributed by atoms with van der Waals surface area (Å²) in [7, 11) is 0. The third-order valence-corrected chi connectivity index (χ3v) is 3.96. The van der Waals surface area contributed by atoms with Gasteiger partial charge in [0.2, 0.25) is 0 Å². The van der Waals surface area contributed by atoms with E-state index in [1.54, 1.807) is 0 Å². The van der Waals surface area contributed by atoms with Crippen molar-refractivity contribution in [2.24, 2.45) is 0 Å². The van der Waals surface area contributed by atoms with Gasteiger partial charge in [-0.1, -0.05) is 53.9 Å². The Morgan fingerprint density at radius 1 is 0.870 bits per heavy atom. The molecule has 1 aromatic heterocycles. The van der Waals surface area contributed by atoms with E-state index in [2.05, 4.69) is 48.5 Å². The van der Waals surface area contributed by atoms with Crippen LogP contribution in [0.1, 0.15) is 5.69 Å². The second-order valence-electron chi connectivity index (χ2n) is 5.33. The molecule has 0 aliphatic carbocycles. The Morgan fingerprint density at radius 2 is 1.57 bits per heavy atom. The van der Waals surface area contributed by atoms with Crippen molar-refractivity contribution >= 4 is 21.5 Å². The van der Waals surface area contributed by atoms with Gasteiger partial charge < -0.3 is 4.98 Å².